The minimum Gasteiger partial charge on any atom is -0.481 e. The SMILES string of the molecule is O=C(O)C1C=CC(NS(=O)(=O)c2ccc(Br)cc2Br)C1. The summed E-state index contributed by atoms with van der Waals surface area (Å²) in [6.45, 7) is 0. The highest BCUT2D eigenvalue weighted by Crippen LogP contribution is 2.27. The highest BCUT2D eigenvalue weighted by Gasteiger charge is 2.28. The molecule has 108 valence electrons. The summed E-state index contributed by atoms with van der Waals surface area (Å²) in [6.07, 6.45) is 3.30. The second-order valence-electron chi connectivity index (χ2n) is 4.37. The maximum Gasteiger partial charge on any atom is 0.310 e. The first-order valence-electron chi connectivity index (χ1n) is 5.68. The molecule has 8 heteroatoms. The lowest BCUT2D eigenvalue weighted by molar-refractivity contribution is -0.140. The van der Waals surface area contributed by atoms with Crippen LogP contribution in [0.5, 0.6) is 0 Å². The van der Waals surface area contributed by atoms with E-state index in [1.165, 1.54) is 12.1 Å². The second-order valence-corrected chi connectivity index (χ2v) is 7.82. The van der Waals surface area contributed by atoms with Gasteiger partial charge in [-0.25, -0.2) is 13.1 Å². The van der Waals surface area contributed by atoms with E-state index in [-0.39, 0.29) is 11.3 Å². The zero-order valence-corrected chi connectivity index (χ0v) is 14.1. The number of rotatable bonds is 4. The Morgan fingerprint density at radius 3 is 2.55 bits per heavy atom. The molecule has 0 aromatic heterocycles. The summed E-state index contributed by atoms with van der Waals surface area (Å²) < 4.78 is 28.2. The van der Waals surface area contributed by atoms with Gasteiger partial charge in [0.2, 0.25) is 10.0 Å². The van der Waals surface area contributed by atoms with Gasteiger partial charge >= 0.3 is 5.97 Å². The molecule has 1 aliphatic carbocycles. The Hall–Kier alpha value is -0.700. The van der Waals surface area contributed by atoms with Crippen LogP contribution in [0.4, 0.5) is 0 Å². The summed E-state index contributed by atoms with van der Waals surface area (Å²) in [5.74, 6) is -1.59. The average Bonchev–Trinajstić information content (AvgIpc) is 2.76. The smallest absolute Gasteiger partial charge is 0.310 e. The first-order chi connectivity index (χ1) is 9.29. The molecule has 0 heterocycles. The van der Waals surface area contributed by atoms with Gasteiger partial charge in [0.05, 0.1) is 10.8 Å². The quantitative estimate of drug-likeness (QED) is 0.727. The fraction of sp³-hybridized carbons (Fsp3) is 0.250. The largest absolute Gasteiger partial charge is 0.481 e. The summed E-state index contributed by atoms with van der Waals surface area (Å²) in [6, 6.07) is 4.24. The van der Waals surface area contributed by atoms with Crippen molar-refractivity contribution in [3.63, 3.8) is 0 Å². The van der Waals surface area contributed by atoms with Crippen molar-refractivity contribution in [2.24, 2.45) is 5.92 Å². The average molecular weight is 425 g/mol. The number of nitrogens with one attached hydrogen (secondary N) is 1. The van der Waals surface area contributed by atoms with Crippen molar-refractivity contribution in [2.75, 3.05) is 0 Å². The van der Waals surface area contributed by atoms with E-state index in [2.05, 4.69) is 36.6 Å². The Morgan fingerprint density at radius 2 is 2.00 bits per heavy atom. The first-order valence-corrected chi connectivity index (χ1v) is 8.75. The number of carbonyl (C=O) groups is 1. The normalized spacial score (nSPS) is 22.1. The van der Waals surface area contributed by atoms with Crippen molar-refractivity contribution in [2.45, 2.75) is 17.4 Å². The molecule has 1 aliphatic rings. The minimum absolute atomic E-state index is 0.118. The third-order valence-corrected chi connectivity index (χ3v) is 5.85. The van der Waals surface area contributed by atoms with Crippen LogP contribution in [0.2, 0.25) is 0 Å². The maximum atomic E-state index is 12.3. The topological polar surface area (TPSA) is 83.5 Å². The standard InChI is InChI=1S/C12H11Br2NO4S/c13-8-2-4-11(10(14)6-8)20(18,19)15-9-3-1-7(5-9)12(16)17/h1-4,6-7,9,15H,5H2,(H,16,17). The molecule has 0 amide bonds. The molecule has 2 rings (SSSR count). The maximum absolute atomic E-state index is 12.3. The van der Waals surface area contributed by atoms with Crippen LogP contribution in [0.15, 0.2) is 44.2 Å². The van der Waals surface area contributed by atoms with Crippen molar-refractivity contribution < 1.29 is 18.3 Å². The van der Waals surface area contributed by atoms with Crippen LogP contribution in [0, 0.1) is 5.92 Å². The van der Waals surface area contributed by atoms with Gasteiger partial charge in [0.25, 0.3) is 0 Å². The molecule has 5 nitrogen and oxygen atoms in total. The molecule has 1 aromatic rings. The van der Waals surface area contributed by atoms with Crippen molar-refractivity contribution in [1.82, 2.24) is 4.72 Å². The number of carboxylic acid groups (broad SMARTS) is 1. The molecule has 2 unspecified atom stereocenters. The number of sulfonamides is 1. The molecule has 0 radical (unpaired) electrons. The van der Waals surface area contributed by atoms with Gasteiger partial charge < -0.3 is 5.11 Å². The first kappa shape index (κ1) is 15.7. The lowest BCUT2D eigenvalue weighted by Crippen LogP contribution is -2.33. The van der Waals surface area contributed by atoms with Crippen LogP contribution in [-0.2, 0) is 14.8 Å². The predicted molar refractivity (Wildman–Crippen MR) is 80.8 cm³/mol. The van der Waals surface area contributed by atoms with Crippen LogP contribution in [0.3, 0.4) is 0 Å². The molecule has 0 fully saturated rings. The van der Waals surface area contributed by atoms with Crippen molar-refractivity contribution in [3.05, 3.63) is 39.3 Å². The summed E-state index contributed by atoms with van der Waals surface area (Å²) in [5.41, 5.74) is 0. The minimum atomic E-state index is -3.70. The Balaban J connectivity index is 2.17. The lowest BCUT2D eigenvalue weighted by Gasteiger charge is -2.13. The van der Waals surface area contributed by atoms with E-state index in [0.717, 1.165) is 4.47 Å². The second kappa shape index (κ2) is 5.97. The molecule has 20 heavy (non-hydrogen) atoms. The van der Waals surface area contributed by atoms with Crippen LogP contribution in [0.25, 0.3) is 0 Å². The zero-order chi connectivity index (χ0) is 14.9. The van der Waals surface area contributed by atoms with E-state index >= 15 is 0 Å². The van der Waals surface area contributed by atoms with Crippen LogP contribution < -0.4 is 4.72 Å². The van der Waals surface area contributed by atoms with E-state index in [1.807, 2.05) is 0 Å². The molecule has 0 bridgehead atoms. The third-order valence-electron chi connectivity index (χ3n) is 2.89. The monoisotopic (exact) mass is 423 g/mol. The van der Waals surface area contributed by atoms with E-state index in [9.17, 15) is 13.2 Å². The molecule has 0 aliphatic heterocycles. The Bertz CT molecular complexity index is 672. The Labute approximate surface area is 133 Å². The number of hydrogen-bond donors (Lipinski definition) is 2. The van der Waals surface area contributed by atoms with Gasteiger partial charge in [0.1, 0.15) is 0 Å². The molecular weight excluding hydrogens is 414 g/mol. The van der Waals surface area contributed by atoms with Gasteiger partial charge in [0.15, 0.2) is 0 Å². The van der Waals surface area contributed by atoms with Crippen molar-refractivity contribution in [1.29, 1.82) is 0 Å². The van der Waals surface area contributed by atoms with Crippen LogP contribution in [-0.4, -0.2) is 25.5 Å². The zero-order valence-electron chi connectivity index (χ0n) is 10.1. The number of benzene rings is 1. The molecule has 2 atom stereocenters. The summed E-state index contributed by atoms with van der Waals surface area (Å²) in [5, 5.41) is 8.88. The van der Waals surface area contributed by atoms with E-state index in [0.29, 0.717) is 4.47 Å². The van der Waals surface area contributed by atoms with Crippen molar-refractivity contribution >= 4 is 47.9 Å². The van der Waals surface area contributed by atoms with Gasteiger partial charge in [-0.2, -0.15) is 0 Å². The molecule has 0 spiro atoms. The van der Waals surface area contributed by atoms with Gasteiger partial charge in [-0.3, -0.25) is 4.79 Å². The van der Waals surface area contributed by atoms with Gasteiger partial charge in [0, 0.05) is 15.0 Å². The number of carboxylic acids is 1. The third kappa shape index (κ3) is 3.49. The van der Waals surface area contributed by atoms with E-state index < -0.39 is 28.0 Å². The number of aliphatic carboxylic acids is 1. The fourth-order valence-corrected chi connectivity index (χ4v) is 4.87. The number of hydrogen-bond acceptors (Lipinski definition) is 3. The summed E-state index contributed by atoms with van der Waals surface area (Å²) >= 11 is 6.46. The van der Waals surface area contributed by atoms with Crippen LogP contribution >= 0.6 is 31.9 Å². The van der Waals surface area contributed by atoms with Crippen LogP contribution in [0.1, 0.15) is 6.42 Å². The summed E-state index contributed by atoms with van der Waals surface area (Å²) in [4.78, 5) is 11.0. The van der Waals surface area contributed by atoms with E-state index in [4.69, 9.17) is 5.11 Å². The molecule has 1 aromatic carbocycles. The molecular formula is C12H11Br2NO4S. The lowest BCUT2D eigenvalue weighted by atomic mass is 10.1. The van der Waals surface area contributed by atoms with E-state index in [1.54, 1.807) is 18.2 Å². The molecule has 0 saturated carbocycles. The fourth-order valence-electron chi connectivity index (χ4n) is 1.93. The van der Waals surface area contributed by atoms with Gasteiger partial charge in [-0.05, 0) is 40.5 Å². The highest BCUT2D eigenvalue weighted by atomic mass is 79.9. The molecule has 2 N–H and O–H groups in total. The summed E-state index contributed by atoms with van der Waals surface area (Å²) in [7, 11) is -3.70. The highest BCUT2D eigenvalue weighted by molar-refractivity contribution is 9.11. The van der Waals surface area contributed by atoms with Gasteiger partial charge in [-0.1, -0.05) is 28.1 Å². The van der Waals surface area contributed by atoms with Crippen molar-refractivity contribution in [3.8, 4) is 0 Å². The number of halogens is 2. The predicted octanol–water partition coefficient (Wildman–Crippen LogP) is 2.52. The Morgan fingerprint density at radius 1 is 1.30 bits per heavy atom. The van der Waals surface area contributed by atoms with Gasteiger partial charge in [-0.15, -0.1) is 0 Å². The molecule has 0 saturated heterocycles. The Kier molecular flexibility index (Phi) is 4.68.